The average molecular weight is 242 g/mol. The summed E-state index contributed by atoms with van der Waals surface area (Å²) < 4.78 is 0. The molecule has 2 nitrogen and oxygen atoms in total. The summed E-state index contributed by atoms with van der Waals surface area (Å²) in [5, 5.41) is 1.02. The van der Waals surface area contributed by atoms with E-state index >= 15 is 0 Å². The molecule has 86 valence electrons. The Balaban J connectivity index is 2.23. The Morgan fingerprint density at radius 2 is 1.71 bits per heavy atom. The van der Waals surface area contributed by atoms with Crippen LogP contribution in [0.25, 0.3) is 0 Å². The maximum Gasteiger partial charge on any atom is 0.116 e. The molecule has 0 spiro atoms. The fourth-order valence-electron chi connectivity index (χ4n) is 1.35. The standard InChI is InChI=1S/C14H14N2S/c1-11-12(2)15-10-16-14(11)17-13-8-6-4-3-5-7-9-13/h3-10H,1-2H3. The van der Waals surface area contributed by atoms with Gasteiger partial charge in [0.05, 0.1) is 0 Å². The second-order valence-electron chi connectivity index (χ2n) is 3.69. The number of aryl methyl sites for hydroxylation is 1. The topological polar surface area (TPSA) is 25.8 Å². The number of aromatic nitrogens is 2. The molecule has 0 unspecified atom stereocenters. The molecule has 0 saturated heterocycles. The Morgan fingerprint density at radius 3 is 2.59 bits per heavy atom. The molecule has 0 atom stereocenters. The third kappa shape index (κ3) is 3.17. The minimum Gasteiger partial charge on any atom is -0.241 e. The zero-order chi connectivity index (χ0) is 12.1. The van der Waals surface area contributed by atoms with Crippen molar-refractivity contribution in [1.29, 1.82) is 0 Å². The van der Waals surface area contributed by atoms with Gasteiger partial charge in [-0.1, -0.05) is 42.1 Å². The van der Waals surface area contributed by atoms with Crippen molar-refractivity contribution in [1.82, 2.24) is 9.97 Å². The van der Waals surface area contributed by atoms with Crippen molar-refractivity contribution < 1.29 is 0 Å². The Labute approximate surface area is 106 Å². The summed E-state index contributed by atoms with van der Waals surface area (Å²) >= 11 is 1.67. The van der Waals surface area contributed by atoms with E-state index in [1.165, 1.54) is 4.91 Å². The summed E-state index contributed by atoms with van der Waals surface area (Å²) in [7, 11) is 0. The number of allylic oxidation sites excluding steroid dienone is 7. The van der Waals surface area contributed by atoms with Crippen molar-refractivity contribution in [3.63, 3.8) is 0 Å². The minimum atomic E-state index is 1.02. The van der Waals surface area contributed by atoms with Gasteiger partial charge in [0.1, 0.15) is 11.4 Å². The van der Waals surface area contributed by atoms with Gasteiger partial charge in [-0.05, 0) is 26.0 Å². The van der Waals surface area contributed by atoms with Crippen molar-refractivity contribution in [2.45, 2.75) is 18.9 Å². The molecule has 1 heterocycles. The Kier molecular flexibility index (Phi) is 3.94. The van der Waals surface area contributed by atoms with Crippen LogP contribution in [0.3, 0.4) is 0 Å². The SMILES string of the molecule is Cc1ncnc(SC2=CC=CC=CC=C2)c1C. The van der Waals surface area contributed by atoms with Gasteiger partial charge >= 0.3 is 0 Å². The molecule has 0 aliphatic heterocycles. The molecular weight excluding hydrogens is 228 g/mol. The molecule has 0 fully saturated rings. The largest absolute Gasteiger partial charge is 0.241 e. The first kappa shape index (κ1) is 11.9. The maximum absolute atomic E-state index is 4.32. The van der Waals surface area contributed by atoms with Gasteiger partial charge < -0.3 is 0 Å². The third-order valence-electron chi connectivity index (χ3n) is 2.47. The molecule has 1 aliphatic carbocycles. The second-order valence-corrected chi connectivity index (χ2v) is 4.75. The minimum absolute atomic E-state index is 1.02. The molecular formula is C14H14N2S. The monoisotopic (exact) mass is 242 g/mol. The normalized spacial score (nSPS) is 14.4. The molecule has 0 aromatic carbocycles. The first-order valence-electron chi connectivity index (χ1n) is 5.45. The van der Waals surface area contributed by atoms with Gasteiger partial charge in [-0.25, -0.2) is 9.97 Å². The molecule has 0 bridgehead atoms. The lowest BCUT2D eigenvalue weighted by molar-refractivity contribution is 0.964. The number of hydrogen-bond acceptors (Lipinski definition) is 3. The zero-order valence-electron chi connectivity index (χ0n) is 9.92. The van der Waals surface area contributed by atoms with Crippen LogP contribution in [-0.2, 0) is 0 Å². The second kappa shape index (κ2) is 5.64. The first-order valence-corrected chi connectivity index (χ1v) is 6.27. The summed E-state index contributed by atoms with van der Waals surface area (Å²) in [4.78, 5) is 9.67. The highest BCUT2D eigenvalue weighted by Crippen LogP contribution is 2.29. The number of thioether (sulfide) groups is 1. The van der Waals surface area contributed by atoms with E-state index in [0.29, 0.717) is 0 Å². The van der Waals surface area contributed by atoms with Gasteiger partial charge in [0.15, 0.2) is 0 Å². The first-order chi connectivity index (χ1) is 8.27. The van der Waals surface area contributed by atoms with Crippen molar-refractivity contribution in [3.8, 4) is 0 Å². The molecule has 0 saturated carbocycles. The summed E-state index contributed by atoms with van der Waals surface area (Å²) in [6.07, 6.45) is 15.9. The van der Waals surface area contributed by atoms with E-state index in [1.54, 1.807) is 18.1 Å². The van der Waals surface area contributed by atoms with Crippen LogP contribution in [0.15, 0.2) is 58.8 Å². The van der Waals surface area contributed by atoms with Crippen molar-refractivity contribution in [2.24, 2.45) is 0 Å². The third-order valence-corrected chi connectivity index (χ3v) is 3.58. The van der Waals surface area contributed by atoms with Crippen LogP contribution in [0, 0.1) is 13.8 Å². The molecule has 1 aromatic heterocycles. The van der Waals surface area contributed by atoms with Gasteiger partial charge in [0.2, 0.25) is 0 Å². The van der Waals surface area contributed by atoms with Crippen LogP contribution < -0.4 is 0 Å². The van der Waals surface area contributed by atoms with E-state index in [2.05, 4.69) is 29.0 Å². The Hall–Kier alpha value is -1.61. The average Bonchev–Trinajstić information content (AvgIpc) is 2.28. The summed E-state index contributed by atoms with van der Waals surface area (Å²) in [5.41, 5.74) is 2.18. The number of rotatable bonds is 2. The lowest BCUT2D eigenvalue weighted by Crippen LogP contribution is -1.92. The molecule has 3 heteroatoms. The zero-order valence-corrected chi connectivity index (χ0v) is 10.7. The molecule has 0 amide bonds. The lowest BCUT2D eigenvalue weighted by atomic mass is 10.3. The summed E-state index contributed by atoms with van der Waals surface area (Å²) in [6.45, 7) is 4.06. The predicted molar refractivity (Wildman–Crippen MR) is 72.9 cm³/mol. The van der Waals surface area contributed by atoms with E-state index < -0.39 is 0 Å². The molecule has 0 radical (unpaired) electrons. The van der Waals surface area contributed by atoms with Crippen LogP contribution in [0.2, 0.25) is 0 Å². The van der Waals surface area contributed by atoms with E-state index in [0.717, 1.165) is 16.3 Å². The lowest BCUT2D eigenvalue weighted by Gasteiger charge is -2.06. The number of nitrogens with zero attached hydrogens (tertiary/aromatic N) is 2. The quantitative estimate of drug-likeness (QED) is 0.739. The molecule has 2 rings (SSSR count). The Morgan fingerprint density at radius 1 is 0.941 bits per heavy atom. The van der Waals surface area contributed by atoms with E-state index in [-0.39, 0.29) is 0 Å². The van der Waals surface area contributed by atoms with Crippen molar-refractivity contribution in [2.75, 3.05) is 0 Å². The molecule has 1 aromatic rings. The highest BCUT2D eigenvalue weighted by atomic mass is 32.2. The van der Waals surface area contributed by atoms with Crippen LogP contribution in [0.4, 0.5) is 0 Å². The van der Waals surface area contributed by atoms with Crippen molar-refractivity contribution in [3.05, 3.63) is 65.0 Å². The summed E-state index contributed by atoms with van der Waals surface area (Å²) in [6, 6.07) is 0. The fourth-order valence-corrected chi connectivity index (χ4v) is 2.26. The highest BCUT2D eigenvalue weighted by molar-refractivity contribution is 8.03. The van der Waals surface area contributed by atoms with E-state index in [4.69, 9.17) is 0 Å². The van der Waals surface area contributed by atoms with Gasteiger partial charge in [-0.3, -0.25) is 0 Å². The van der Waals surface area contributed by atoms with Gasteiger partial charge in [-0.15, -0.1) is 0 Å². The highest BCUT2D eigenvalue weighted by Gasteiger charge is 2.05. The smallest absolute Gasteiger partial charge is 0.116 e. The van der Waals surface area contributed by atoms with E-state index in [1.807, 2.05) is 37.3 Å². The van der Waals surface area contributed by atoms with Crippen LogP contribution >= 0.6 is 11.8 Å². The van der Waals surface area contributed by atoms with Crippen LogP contribution in [-0.4, -0.2) is 9.97 Å². The van der Waals surface area contributed by atoms with Gasteiger partial charge in [0, 0.05) is 16.2 Å². The fraction of sp³-hybridized carbons (Fsp3) is 0.143. The van der Waals surface area contributed by atoms with E-state index in [9.17, 15) is 0 Å². The van der Waals surface area contributed by atoms with Gasteiger partial charge in [0.25, 0.3) is 0 Å². The van der Waals surface area contributed by atoms with Gasteiger partial charge in [-0.2, -0.15) is 0 Å². The van der Waals surface area contributed by atoms with Crippen LogP contribution in [0.1, 0.15) is 11.3 Å². The maximum atomic E-state index is 4.32. The molecule has 1 aliphatic rings. The van der Waals surface area contributed by atoms with Crippen LogP contribution in [0.5, 0.6) is 0 Å². The summed E-state index contributed by atoms with van der Waals surface area (Å²) in [5.74, 6) is 0. The Bertz CT molecular complexity index is 525. The number of hydrogen-bond donors (Lipinski definition) is 0. The molecule has 17 heavy (non-hydrogen) atoms. The predicted octanol–water partition coefficient (Wildman–Crippen LogP) is 3.75. The van der Waals surface area contributed by atoms with Crippen molar-refractivity contribution >= 4 is 11.8 Å². The molecule has 0 N–H and O–H groups in total.